The quantitative estimate of drug-likeness (QED) is 0.454. The van der Waals surface area contributed by atoms with Gasteiger partial charge in [0.05, 0.1) is 23.7 Å². The molecule has 1 amide bonds. The van der Waals surface area contributed by atoms with Gasteiger partial charge in [-0.3, -0.25) is 4.79 Å². The monoisotopic (exact) mass is 464 g/mol. The van der Waals surface area contributed by atoms with Gasteiger partial charge >= 0.3 is 0 Å². The number of thioether (sulfide) groups is 1. The third-order valence-electron chi connectivity index (χ3n) is 5.00. The number of ether oxygens (including phenoxy) is 2. The molecule has 1 aliphatic rings. The third kappa shape index (κ3) is 6.22. The van der Waals surface area contributed by atoms with Crippen LogP contribution >= 0.6 is 11.8 Å². The summed E-state index contributed by atoms with van der Waals surface area (Å²) in [6.45, 7) is 4.37. The van der Waals surface area contributed by atoms with E-state index >= 15 is 0 Å². The molecule has 0 atom stereocenters. The van der Waals surface area contributed by atoms with E-state index in [0.29, 0.717) is 37.6 Å². The highest BCUT2D eigenvalue weighted by atomic mass is 32.2. The van der Waals surface area contributed by atoms with E-state index in [1.807, 2.05) is 30.5 Å². The Morgan fingerprint density at radius 3 is 2.52 bits per heavy atom. The van der Waals surface area contributed by atoms with Gasteiger partial charge in [0.25, 0.3) is 5.91 Å². The van der Waals surface area contributed by atoms with Crippen LogP contribution < -0.4 is 9.46 Å². The number of hydrogen-bond acceptors (Lipinski definition) is 6. The van der Waals surface area contributed by atoms with E-state index in [9.17, 15) is 13.2 Å². The molecule has 0 spiro atoms. The van der Waals surface area contributed by atoms with Gasteiger partial charge in [-0.2, -0.15) is 0 Å². The number of benzene rings is 2. The first-order chi connectivity index (χ1) is 14.9. The molecule has 2 aromatic rings. The number of aryl methyl sites for hydroxylation is 1. The summed E-state index contributed by atoms with van der Waals surface area (Å²) in [4.78, 5) is 15.4. The van der Waals surface area contributed by atoms with Gasteiger partial charge in [-0.05, 0) is 48.6 Å². The number of rotatable bonds is 9. The minimum atomic E-state index is -3.77. The van der Waals surface area contributed by atoms with Crippen LogP contribution in [0, 0.1) is 0 Å². The van der Waals surface area contributed by atoms with Crippen molar-refractivity contribution in [1.82, 2.24) is 9.62 Å². The second-order valence-corrected chi connectivity index (χ2v) is 9.63. The van der Waals surface area contributed by atoms with Gasteiger partial charge in [-0.1, -0.05) is 19.1 Å². The summed E-state index contributed by atoms with van der Waals surface area (Å²) in [6, 6.07) is 12.4. The normalized spacial score (nSPS) is 14.5. The van der Waals surface area contributed by atoms with Crippen molar-refractivity contribution in [2.24, 2.45) is 0 Å². The van der Waals surface area contributed by atoms with Crippen molar-refractivity contribution in [2.75, 3.05) is 45.7 Å². The van der Waals surface area contributed by atoms with E-state index in [1.165, 1.54) is 29.5 Å². The van der Waals surface area contributed by atoms with Crippen LogP contribution in [0.2, 0.25) is 0 Å². The number of amides is 1. The summed E-state index contributed by atoms with van der Waals surface area (Å²) in [6.07, 6.45) is 2.81. The molecule has 0 radical (unpaired) electrons. The molecule has 168 valence electrons. The van der Waals surface area contributed by atoms with Gasteiger partial charge in [0.1, 0.15) is 12.4 Å². The van der Waals surface area contributed by atoms with Crippen LogP contribution in [0.5, 0.6) is 5.75 Å². The van der Waals surface area contributed by atoms with Crippen LogP contribution in [0.4, 0.5) is 0 Å². The maximum absolute atomic E-state index is 12.9. The number of hydrogen-bond donors (Lipinski definition) is 1. The van der Waals surface area contributed by atoms with Crippen molar-refractivity contribution in [1.29, 1.82) is 0 Å². The van der Waals surface area contributed by atoms with Crippen molar-refractivity contribution in [3.63, 3.8) is 0 Å². The average Bonchev–Trinajstić information content (AvgIpc) is 2.82. The molecule has 0 unspecified atom stereocenters. The Morgan fingerprint density at radius 2 is 1.87 bits per heavy atom. The summed E-state index contributed by atoms with van der Waals surface area (Å²) in [5.41, 5.74) is 1.61. The molecule has 0 aliphatic carbocycles. The molecule has 9 heteroatoms. The molecule has 7 nitrogen and oxygen atoms in total. The minimum absolute atomic E-state index is 0.0641. The molecular weight excluding hydrogens is 436 g/mol. The average molecular weight is 465 g/mol. The second-order valence-electron chi connectivity index (χ2n) is 7.01. The van der Waals surface area contributed by atoms with Gasteiger partial charge in [0.15, 0.2) is 0 Å². The fourth-order valence-electron chi connectivity index (χ4n) is 3.21. The summed E-state index contributed by atoms with van der Waals surface area (Å²) >= 11 is 1.41. The van der Waals surface area contributed by atoms with Crippen LogP contribution in [-0.2, 0) is 21.2 Å². The Hall–Kier alpha value is -2.07. The first-order valence-electron chi connectivity index (χ1n) is 10.2. The Bertz CT molecular complexity index is 987. The number of nitrogens with zero attached hydrogens (tertiary/aromatic N) is 1. The molecule has 1 saturated heterocycles. The highest BCUT2D eigenvalue weighted by Gasteiger charge is 2.24. The van der Waals surface area contributed by atoms with E-state index in [2.05, 4.69) is 11.6 Å². The third-order valence-corrected chi connectivity index (χ3v) is 7.26. The molecular formula is C22H28N2O5S2. The van der Waals surface area contributed by atoms with Crippen molar-refractivity contribution in [3.8, 4) is 5.75 Å². The molecule has 31 heavy (non-hydrogen) atoms. The van der Waals surface area contributed by atoms with Gasteiger partial charge in [-0.15, -0.1) is 11.8 Å². The molecule has 3 rings (SSSR count). The zero-order valence-electron chi connectivity index (χ0n) is 17.8. The Labute approximate surface area is 188 Å². The SMILES string of the molecule is CCc1ccc(OCCNS(=O)(=O)c2ccc(SC)c(C(=O)N3CCOCC3)c2)cc1. The van der Waals surface area contributed by atoms with Crippen LogP contribution in [0.25, 0.3) is 0 Å². The maximum atomic E-state index is 12.9. The zero-order valence-corrected chi connectivity index (χ0v) is 19.4. The molecule has 0 aromatic heterocycles. The highest BCUT2D eigenvalue weighted by molar-refractivity contribution is 7.98. The van der Waals surface area contributed by atoms with Gasteiger partial charge in [-0.25, -0.2) is 13.1 Å². The van der Waals surface area contributed by atoms with E-state index in [-0.39, 0.29) is 24.0 Å². The minimum Gasteiger partial charge on any atom is -0.492 e. The Morgan fingerprint density at radius 1 is 1.16 bits per heavy atom. The zero-order chi connectivity index (χ0) is 22.3. The predicted octanol–water partition coefficient (Wildman–Crippen LogP) is 2.80. The van der Waals surface area contributed by atoms with Gasteiger partial charge in [0, 0.05) is 24.5 Å². The summed E-state index contributed by atoms with van der Waals surface area (Å²) in [5, 5.41) is 0. The van der Waals surface area contributed by atoms with E-state index in [0.717, 1.165) is 11.3 Å². The predicted molar refractivity (Wildman–Crippen MR) is 121 cm³/mol. The van der Waals surface area contributed by atoms with Crippen molar-refractivity contribution < 1.29 is 22.7 Å². The lowest BCUT2D eigenvalue weighted by Crippen LogP contribution is -2.41. The molecule has 2 aromatic carbocycles. The number of sulfonamides is 1. The fourth-order valence-corrected chi connectivity index (χ4v) is 4.82. The lowest BCUT2D eigenvalue weighted by Gasteiger charge is -2.27. The standard InChI is InChI=1S/C22H28N2O5S2/c1-3-17-4-6-18(7-5-17)29-13-10-23-31(26,27)19-8-9-21(30-2)20(16-19)22(25)24-11-14-28-15-12-24/h4-9,16,23H,3,10-15H2,1-2H3. The number of carbonyl (C=O) groups excluding carboxylic acids is 1. The molecule has 1 N–H and O–H groups in total. The lowest BCUT2D eigenvalue weighted by atomic mass is 10.2. The van der Waals surface area contributed by atoms with Gasteiger partial charge in [0.2, 0.25) is 10.0 Å². The smallest absolute Gasteiger partial charge is 0.255 e. The summed E-state index contributed by atoms with van der Waals surface area (Å²) in [5.74, 6) is 0.516. The fraction of sp³-hybridized carbons (Fsp3) is 0.409. The number of nitrogens with one attached hydrogen (secondary N) is 1. The van der Waals surface area contributed by atoms with E-state index in [1.54, 1.807) is 11.0 Å². The highest BCUT2D eigenvalue weighted by Crippen LogP contribution is 2.25. The van der Waals surface area contributed by atoms with Crippen molar-refractivity contribution >= 4 is 27.7 Å². The first-order valence-corrected chi connectivity index (χ1v) is 12.9. The summed E-state index contributed by atoms with van der Waals surface area (Å²) < 4.78 is 39.0. The molecule has 0 bridgehead atoms. The number of morpholine rings is 1. The Balaban J connectivity index is 1.64. The van der Waals surface area contributed by atoms with Gasteiger partial charge < -0.3 is 14.4 Å². The van der Waals surface area contributed by atoms with Crippen LogP contribution in [0.3, 0.4) is 0 Å². The molecule has 1 aliphatic heterocycles. The molecule has 0 saturated carbocycles. The van der Waals surface area contributed by atoms with Crippen LogP contribution in [0.1, 0.15) is 22.8 Å². The first kappa shape index (κ1) is 23.6. The van der Waals surface area contributed by atoms with Crippen molar-refractivity contribution in [3.05, 3.63) is 53.6 Å². The van der Waals surface area contributed by atoms with Crippen molar-refractivity contribution in [2.45, 2.75) is 23.1 Å². The van der Waals surface area contributed by atoms with E-state index < -0.39 is 10.0 Å². The molecule has 1 heterocycles. The Kier molecular flexibility index (Phi) is 8.36. The lowest BCUT2D eigenvalue weighted by molar-refractivity contribution is 0.0300. The van der Waals surface area contributed by atoms with Crippen LogP contribution in [0.15, 0.2) is 52.3 Å². The largest absolute Gasteiger partial charge is 0.492 e. The van der Waals surface area contributed by atoms with E-state index in [4.69, 9.17) is 9.47 Å². The second kappa shape index (κ2) is 11.0. The summed E-state index contributed by atoms with van der Waals surface area (Å²) in [7, 11) is -3.77. The maximum Gasteiger partial charge on any atom is 0.255 e. The van der Waals surface area contributed by atoms with Crippen LogP contribution in [-0.4, -0.2) is 64.9 Å². The molecule has 1 fully saturated rings. The number of carbonyl (C=O) groups is 1. The topological polar surface area (TPSA) is 84.9 Å².